The minimum Gasteiger partial charge on any atom is -0.399 e. The number of hydrogen-bond donors (Lipinski definition) is 2. The Kier molecular flexibility index (Phi) is 4.82. The van der Waals surface area contributed by atoms with Gasteiger partial charge in [0, 0.05) is 37.1 Å². The molecule has 0 aliphatic heterocycles. The Morgan fingerprint density at radius 3 is 2.33 bits per heavy atom. The van der Waals surface area contributed by atoms with Gasteiger partial charge >= 0.3 is 0 Å². The van der Waals surface area contributed by atoms with E-state index >= 15 is 0 Å². The number of hydrogen-bond acceptors (Lipinski definition) is 3. The van der Waals surface area contributed by atoms with Crippen LogP contribution in [-0.4, -0.2) is 19.5 Å². The molecule has 3 N–H and O–H groups in total. The number of carbonyl (C=O) groups is 1. The number of carbonyl (C=O) groups excluding carboxylic acids is 1. The van der Waals surface area contributed by atoms with E-state index in [-0.39, 0.29) is 5.91 Å². The van der Waals surface area contributed by atoms with Crippen LogP contribution in [0.1, 0.15) is 12.0 Å². The van der Waals surface area contributed by atoms with E-state index < -0.39 is 0 Å². The first-order chi connectivity index (χ1) is 10.0. The number of nitrogens with one attached hydrogen (secondary N) is 1. The van der Waals surface area contributed by atoms with E-state index in [0.717, 1.165) is 11.4 Å². The van der Waals surface area contributed by atoms with Gasteiger partial charge in [-0.1, -0.05) is 17.7 Å². The molecule has 0 atom stereocenters. The lowest BCUT2D eigenvalue weighted by molar-refractivity contribution is -0.116. The van der Waals surface area contributed by atoms with Crippen molar-refractivity contribution in [1.29, 1.82) is 0 Å². The van der Waals surface area contributed by atoms with Crippen LogP contribution in [0.3, 0.4) is 0 Å². The molecule has 4 heteroatoms. The van der Waals surface area contributed by atoms with Crippen molar-refractivity contribution in [1.82, 2.24) is 0 Å². The Labute approximate surface area is 125 Å². The molecule has 0 saturated heterocycles. The predicted molar refractivity (Wildman–Crippen MR) is 88.6 cm³/mol. The molecular formula is C17H21N3O. The number of nitrogens with two attached hydrogens (primary N) is 1. The fraction of sp³-hybridized carbons (Fsp3) is 0.235. The van der Waals surface area contributed by atoms with E-state index in [1.54, 1.807) is 24.3 Å². The van der Waals surface area contributed by atoms with E-state index in [1.807, 2.05) is 7.05 Å². The van der Waals surface area contributed by atoms with Crippen molar-refractivity contribution in [3.63, 3.8) is 0 Å². The predicted octanol–water partition coefficient (Wildman–Crippen LogP) is 3.04. The summed E-state index contributed by atoms with van der Waals surface area (Å²) in [5.41, 5.74) is 9.41. The quantitative estimate of drug-likeness (QED) is 0.829. The summed E-state index contributed by atoms with van der Waals surface area (Å²) in [5.74, 6) is -0.00117. The topological polar surface area (TPSA) is 58.4 Å². The Bertz CT molecular complexity index is 590. The SMILES string of the molecule is Cc1ccc(N(C)CCC(=O)Nc2ccc(N)cc2)cc1. The maximum absolute atomic E-state index is 11.9. The molecule has 0 radical (unpaired) electrons. The number of amides is 1. The molecule has 2 rings (SSSR count). The van der Waals surface area contributed by atoms with Crippen molar-refractivity contribution in [3.05, 3.63) is 54.1 Å². The molecule has 0 fully saturated rings. The Morgan fingerprint density at radius 2 is 1.71 bits per heavy atom. The summed E-state index contributed by atoms with van der Waals surface area (Å²) in [5, 5.41) is 2.86. The standard InChI is InChI=1S/C17H21N3O/c1-13-3-9-16(10-4-13)20(2)12-11-17(21)19-15-7-5-14(18)6-8-15/h3-10H,11-12,18H2,1-2H3,(H,19,21). The Balaban J connectivity index is 1.83. The third kappa shape index (κ3) is 4.53. The monoisotopic (exact) mass is 283 g/mol. The van der Waals surface area contributed by atoms with E-state index in [2.05, 4.69) is 41.4 Å². The highest BCUT2D eigenvalue weighted by molar-refractivity contribution is 5.91. The highest BCUT2D eigenvalue weighted by Gasteiger charge is 2.06. The number of anilines is 3. The van der Waals surface area contributed by atoms with Gasteiger partial charge in [0.25, 0.3) is 0 Å². The van der Waals surface area contributed by atoms with E-state index in [4.69, 9.17) is 5.73 Å². The second kappa shape index (κ2) is 6.79. The third-order valence-electron chi connectivity index (χ3n) is 3.34. The van der Waals surface area contributed by atoms with Crippen LogP contribution in [0.4, 0.5) is 17.1 Å². The molecule has 110 valence electrons. The number of aryl methyl sites for hydroxylation is 1. The van der Waals surface area contributed by atoms with Gasteiger partial charge in [0.2, 0.25) is 5.91 Å². The summed E-state index contributed by atoms with van der Waals surface area (Å²) in [6.45, 7) is 2.73. The van der Waals surface area contributed by atoms with E-state index in [1.165, 1.54) is 5.56 Å². The van der Waals surface area contributed by atoms with Crippen LogP contribution in [0.15, 0.2) is 48.5 Å². The first-order valence-electron chi connectivity index (χ1n) is 6.98. The normalized spacial score (nSPS) is 10.2. The molecule has 2 aromatic rings. The van der Waals surface area contributed by atoms with Gasteiger partial charge in [-0.05, 0) is 43.3 Å². The number of rotatable bonds is 5. The van der Waals surface area contributed by atoms with Crippen molar-refractivity contribution in [2.24, 2.45) is 0 Å². The zero-order valence-electron chi connectivity index (χ0n) is 12.5. The summed E-state index contributed by atoms with van der Waals surface area (Å²) in [6.07, 6.45) is 0.439. The fourth-order valence-electron chi connectivity index (χ4n) is 1.99. The van der Waals surface area contributed by atoms with Gasteiger partial charge < -0.3 is 16.0 Å². The zero-order valence-corrected chi connectivity index (χ0v) is 12.5. The van der Waals surface area contributed by atoms with Gasteiger partial charge in [-0.15, -0.1) is 0 Å². The van der Waals surface area contributed by atoms with Gasteiger partial charge in [-0.2, -0.15) is 0 Å². The molecule has 0 bridgehead atoms. The molecule has 0 saturated carbocycles. The number of benzene rings is 2. The molecule has 0 aliphatic carbocycles. The van der Waals surface area contributed by atoms with Crippen molar-refractivity contribution < 1.29 is 4.79 Å². The molecule has 1 amide bonds. The van der Waals surface area contributed by atoms with Crippen LogP contribution in [0.25, 0.3) is 0 Å². The molecule has 0 aliphatic rings. The molecule has 21 heavy (non-hydrogen) atoms. The minimum atomic E-state index is -0.00117. The van der Waals surface area contributed by atoms with Crippen LogP contribution >= 0.6 is 0 Å². The van der Waals surface area contributed by atoms with Gasteiger partial charge in [-0.3, -0.25) is 4.79 Å². The summed E-state index contributed by atoms with van der Waals surface area (Å²) >= 11 is 0. The third-order valence-corrected chi connectivity index (χ3v) is 3.34. The molecular weight excluding hydrogens is 262 g/mol. The van der Waals surface area contributed by atoms with Crippen molar-refractivity contribution in [3.8, 4) is 0 Å². The van der Waals surface area contributed by atoms with E-state index in [0.29, 0.717) is 18.7 Å². The lowest BCUT2D eigenvalue weighted by atomic mass is 10.2. The lowest BCUT2D eigenvalue weighted by Crippen LogP contribution is -2.23. The van der Waals surface area contributed by atoms with Gasteiger partial charge in [0.15, 0.2) is 0 Å². The molecule has 4 nitrogen and oxygen atoms in total. The molecule has 0 aromatic heterocycles. The Morgan fingerprint density at radius 1 is 1.10 bits per heavy atom. The molecule has 0 unspecified atom stereocenters. The summed E-state index contributed by atoms with van der Waals surface area (Å²) in [7, 11) is 1.99. The van der Waals surface area contributed by atoms with Crippen LogP contribution in [0.2, 0.25) is 0 Å². The zero-order chi connectivity index (χ0) is 15.2. The summed E-state index contributed by atoms with van der Waals surface area (Å²) in [4.78, 5) is 14.0. The van der Waals surface area contributed by atoms with Crippen LogP contribution in [0, 0.1) is 6.92 Å². The van der Waals surface area contributed by atoms with Gasteiger partial charge in [0.1, 0.15) is 0 Å². The lowest BCUT2D eigenvalue weighted by Gasteiger charge is -2.19. The van der Waals surface area contributed by atoms with Crippen molar-refractivity contribution in [2.45, 2.75) is 13.3 Å². The maximum atomic E-state index is 11.9. The van der Waals surface area contributed by atoms with Crippen molar-refractivity contribution >= 4 is 23.0 Å². The maximum Gasteiger partial charge on any atom is 0.226 e. The van der Waals surface area contributed by atoms with Crippen LogP contribution in [0.5, 0.6) is 0 Å². The van der Waals surface area contributed by atoms with Gasteiger partial charge in [0.05, 0.1) is 0 Å². The first kappa shape index (κ1) is 14.9. The number of nitrogens with zero attached hydrogens (tertiary/aromatic N) is 1. The van der Waals surface area contributed by atoms with E-state index in [9.17, 15) is 4.79 Å². The van der Waals surface area contributed by atoms with Crippen LogP contribution < -0.4 is 16.0 Å². The summed E-state index contributed by atoms with van der Waals surface area (Å²) < 4.78 is 0. The first-order valence-corrected chi connectivity index (χ1v) is 6.98. The smallest absolute Gasteiger partial charge is 0.226 e. The fourth-order valence-corrected chi connectivity index (χ4v) is 1.99. The molecule has 0 heterocycles. The minimum absolute atomic E-state index is 0.00117. The van der Waals surface area contributed by atoms with Crippen molar-refractivity contribution in [2.75, 3.05) is 29.5 Å². The summed E-state index contributed by atoms with van der Waals surface area (Å²) in [6, 6.07) is 15.4. The average molecular weight is 283 g/mol. The average Bonchev–Trinajstić information content (AvgIpc) is 2.48. The van der Waals surface area contributed by atoms with Crippen LogP contribution in [-0.2, 0) is 4.79 Å². The largest absolute Gasteiger partial charge is 0.399 e. The number of nitrogen functional groups attached to an aromatic ring is 1. The second-order valence-electron chi connectivity index (χ2n) is 5.18. The second-order valence-corrected chi connectivity index (χ2v) is 5.18. The highest BCUT2D eigenvalue weighted by Crippen LogP contribution is 2.14. The highest BCUT2D eigenvalue weighted by atomic mass is 16.1. The molecule has 2 aromatic carbocycles. The van der Waals surface area contributed by atoms with Gasteiger partial charge in [-0.25, -0.2) is 0 Å². The Hall–Kier alpha value is -2.49. The molecule has 0 spiro atoms.